The number of benzene rings is 2. The Morgan fingerprint density at radius 3 is 2.68 bits per heavy atom. The first-order valence-corrected chi connectivity index (χ1v) is 11.0. The van der Waals surface area contributed by atoms with Crippen LogP contribution in [0, 0.1) is 0 Å². The molecule has 0 spiro atoms. The van der Waals surface area contributed by atoms with E-state index in [1.165, 1.54) is 15.9 Å². The predicted octanol–water partition coefficient (Wildman–Crippen LogP) is 4.22. The standard InChI is InChI=1S/C24H23N3O3S/c1-3-4-16-30-19-14-12-18(13-15-19)22-25-24-27(26-22)23(28)21(31-24)11-7-9-17-8-5-6-10-20(17)29-2/h5-15H,3-4,16H2,1-2H3/b9-7+,21-11+. The number of rotatable bonds is 8. The Bertz CT molecular complexity index is 1310. The van der Waals surface area contributed by atoms with E-state index in [0.29, 0.717) is 21.9 Å². The number of fused-ring (bicyclic) bond motifs is 1. The Labute approximate surface area is 184 Å². The van der Waals surface area contributed by atoms with E-state index in [1.54, 1.807) is 13.2 Å². The summed E-state index contributed by atoms with van der Waals surface area (Å²) in [6.07, 6.45) is 7.64. The van der Waals surface area contributed by atoms with Gasteiger partial charge in [-0.15, -0.1) is 5.10 Å². The fraction of sp³-hybridized carbons (Fsp3) is 0.208. The molecule has 2 aromatic heterocycles. The minimum Gasteiger partial charge on any atom is -0.496 e. The molecule has 0 aliphatic rings. The van der Waals surface area contributed by atoms with Crippen molar-refractivity contribution in [2.24, 2.45) is 0 Å². The zero-order chi connectivity index (χ0) is 21.6. The van der Waals surface area contributed by atoms with Crippen LogP contribution in [0.2, 0.25) is 0 Å². The monoisotopic (exact) mass is 433 g/mol. The number of nitrogens with zero attached hydrogens (tertiary/aromatic N) is 3. The van der Waals surface area contributed by atoms with Crippen molar-refractivity contribution in [1.29, 1.82) is 0 Å². The molecule has 0 unspecified atom stereocenters. The van der Waals surface area contributed by atoms with Crippen LogP contribution in [-0.4, -0.2) is 28.3 Å². The van der Waals surface area contributed by atoms with Crippen LogP contribution in [0.1, 0.15) is 25.3 Å². The van der Waals surface area contributed by atoms with Gasteiger partial charge in [0, 0.05) is 11.1 Å². The van der Waals surface area contributed by atoms with Gasteiger partial charge in [0.25, 0.3) is 5.56 Å². The van der Waals surface area contributed by atoms with Crippen molar-refractivity contribution in [3.8, 4) is 22.9 Å². The maximum Gasteiger partial charge on any atom is 0.291 e. The lowest BCUT2D eigenvalue weighted by molar-refractivity contribution is 0.309. The number of allylic oxidation sites excluding steroid dienone is 1. The minimum atomic E-state index is -0.178. The van der Waals surface area contributed by atoms with Gasteiger partial charge in [0.1, 0.15) is 11.5 Å². The van der Waals surface area contributed by atoms with Crippen molar-refractivity contribution < 1.29 is 9.47 Å². The topological polar surface area (TPSA) is 65.7 Å². The second-order valence-electron chi connectivity index (χ2n) is 6.90. The summed E-state index contributed by atoms with van der Waals surface area (Å²) in [4.78, 5) is 17.8. The Morgan fingerprint density at radius 1 is 1.13 bits per heavy atom. The van der Waals surface area contributed by atoms with Gasteiger partial charge in [-0.2, -0.15) is 9.50 Å². The highest BCUT2D eigenvalue weighted by molar-refractivity contribution is 7.15. The lowest BCUT2D eigenvalue weighted by Gasteiger charge is -2.05. The average Bonchev–Trinajstić information content (AvgIpc) is 3.34. The summed E-state index contributed by atoms with van der Waals surface area (Å²) in [5.41, 5.74) is 1.61. The Balaban J connectivity index is 1.55. The summed E-state index contributed by atoms with van der Waals surface area (Å²) >= 11 is 1.32. The van der Waals surface area contributed by atoms with Gasteiger partial charge in [-0.05, 0) is 42.8 Å². The van der Waals surface area contributed by atoms with Crippen molar-refractivity contribution in [2.75, 3.05) is 13.7 Å². The highest BCUT2D eigenvalue weighted by Crippen LogP contribution is 2.21. The molecule has 4 aromatic rings. The van der Waals surface area contributed by atoms with E-state index in [4.69, 9.17) is 9.47 Å². The molecule has 0 N–H and O–H groups in total. The van der Waals surface area contributed by atoms with Gasteiger partial charge in [0.05, 0.1) is 18.2 Å². The molecule has 158 valence electrons. The highest BCUT2D eigenvalue weighted by Gasteiger charge is 2.11. The molecule has 2 heterocycles. The van der Waals surface area contributed by atoms with Gasteiger partial charge in [-0.1, -0.05) is 55.0 Å². The number of para-hydroxylation sites is 1. The summed E-state index contributed by atoms with van der Waals surface area (Å²) in [5.74, 6) is 2.13. The maximum atomic E-state index is 12.7. The lowest BCUT2D eigenvalue weighted by Crippen LogP contribution is -2.23. The van der Waals surface area contributed by atoms with Crippen LogP contribution >= 0.6 is 11.3 Å². The molecule has 7 heteroatoms. The molecule has 6 nitrogen and oxygen atoms in total. The molecule has 2 aromatic carbocycles. The van der Waals surface area contributed by atoms with Crippen LogP contribution in [0.25, 0.3) is 28.5 Å². The number of methoxy groups -OCH3 is 1. The van der Waals surface area contributed by atoms with Crippen molar-refractivity contribution in [3.05, 3.63) is 75.1 Å². The summed E-state index contributed by atoms with van der Waals surface area (Å²) in [7, 11) is 1.64. The van der Waals surface area contributed by atoms with Gasteiger partial charge in [-0.3, -0.25) is 4.79 Å². The van der Waals surface area contributed by atoms with E-state index >= 15 is 0 Å². The van der Waals surface area contributed by atoms with Gasteiger partial charge >= 0.3 is 0 Å². The van der Waals surface area contributed by atoms with E-state index in [9.17, 15) is 4.79 Å². The number of hydrogen-bond donors (Lipinski definition) is 0. The molecular weight excluding hydrogens is 410 g/mol. The molecule has 0 atom stereocenters. The van der Waals surface area contributed by atoms with E-state index in [1.807, 2.05) is 60.7 Å². The Morgan fingerprint density at radius 2 is 1.94 bits per heavy atom. The predicted molar refractivity (Wildman–Crippen MR) is 125 cm³/mol. The molecule has 0 bridgehead atoms. The largest absolute Gasteiger partial charge is 0.496 e. The molecule has 0 aliphatic heterocycles. The Kier molecular flexibility index (Phi) is 6.43. The van der Waals surface area contributed by atoms with E-state index < -0.39 is 0 Å². The van der Waals surface area contributed by atoms with Crippen LogP contribution in [0.3, 0.4) is 0 Å². The number of hydrogen-bond acceptors (Lipinski definition) is 6. The number of aromatic nitrogens is 3. The molecule has 0 aliphatic carbocycles. The third-order valence-electron chi connectivity index (χ3n) is 4.72. The third-order valence-corrected chi connectivity index (χ3v) is 5.70. The number of unbranched alkanes of at least 4 members (excludes halogenated alkanes) is 1. The zero-order valence-electron chi connectivity index (χ0n) is 17.4. The van der Waals surface area contributed by atoms with Crippen LogP contribution in [0.4, 0.5) is 0 Å². The number of thiazole rings is 1. The molecule has 0 saturated heterocycles. The van der Waals surface area contributed by atoms with Gasteiger partial charge in [-0.25, -0.2) is 0 Å². The molecule has 4 rings (SSSR count). The zero-order valence-corrected chi connectivity index (χ0v) is 18.3. The quantitative estimate of drug-likeness (QED) is 0.389. The summed E-state index contributed by atoms with van der Waals surface area (Å²) in [6.45, 7) is 2.84. The van der Waals surface area contributed by atoms with Crippen molar-refractivity contribution in [2.45, 2.75) is 19.8 Å². The summed E-state index contributed by atoms with van der Waals surface area (Å²) in [5, 5.41) is 4.40. The molecule has 0 amide bonds. The third kappa shape index (κ3) is 4.67. The summed E-state index contributed by atoms with van der Waals surface area (Å²) < 4.78 is 13.0. The minimum absolute atomic E-state index is 0.178. The van der Waals surface area contributed by atoms with Crippen molar-refractivity contribution in [1.82, 2.24) is 14.6 Å². The first kappa shape index (κ1) is 20.8. The van der Waals surface area contributed by atoms with Crippen molar-refractivity contribution >= 4 is 28.4 Å². The number of ether oxygens (including phenoxy) is 2. The molecular formula is C24H23N3O3S. The maximum absolute atomic E-state index is 12.7. The van der Waals surface area contributed by atoms with Crippen LogP contribution in [0.15, 0.2) is 59.4 Å². The van der Waals surface area contributed by atoms with E-state index in [2.05, 4.69) is 17.0 Å². The normalized spacial score (nSPS) is 12.1. The fourth-order valence-electron chi connectivity index (χ4n) is 3.05. The fourth-order valence-corrected chi connectivity index (χ4v) is 3.91. The second kappa shape index (κ2) is 9.57. The van der Waals surface area contributed by atoms with E-state index in [0.717, 1.165) is 35.5 Å². The average molecular weight is 434 g/mol. The van der Waals surface area contributed by atoms with Crippen LogP contribution in [-0.2, 0) is 0 Å². The first-order valence-electron chi connectivity index (χ1n) is 10.1. The smallest absolute Gasteiger partial charge is 0.291 e. The van der Waals surface area contributed by atoms with Gasteiger partial charge in [0.15, 0.2) is 5.82 Å². The van der Waals surface area contributed by atoms with Crippen molar-refractivity contribution in [3.63, 3.8) is 0 Å². The summed E-state index contributed by atoms with van der Waals surface area (Å²) in [6, 6.07) is 15.3. The van der Waals surface area contributed by atoms with Gasteiger partial charge < -0.3 is 9.47 Å². The second-order valence-corrected chi connectivity index (χ2v) is 7.90. The molecule has 0 fully saturated rings. The highest BCUT2D eigenvalue weighted by atomic mass is 32.1. The molecule has 31 heavy (non-hydrogen) atoms. The van der Waals surface area contributed by atoms with Crippen LogP contribution in [0.5, 0.6) is 11.5 Å². The SMILES string of the molecule is CCCCOc1ccc(-c2nc3s/c(=C/C=C/c4ccccc4OC)c(=O)n3n2)cc1. The van der Waals surface area contributed by atoms with Gasteiger partial charge in [0.2, 0.25) is 4.96 Å². The lowest BCUT2D eigenvalue weighted by atomic mass is 10.2. The first-order chi connectivity index (χ1) is 15.2. The van der Waals surface area contributed by atoms with E-state index in [-0.39, 0.29) is 5.56 Å². The molecule has 0 radical (unpaired) electrons. The van der Waals surface area contributed by atoms with Crippen LogP contribution < -0.4 is 19.6 Å². The Hall–Kier alpha value is -3.45. The molecule has 0 saturated carbocycles.